The molecule has 1 atom stereocenters. The van der Waals surface area contributed by atoms with Crippen LogP contribution in [0.3, 0.4) is 0 Å². The van der Waals surface area contributed by atoms with Crippen LogP contribution >= 0.6 is 0 Å². The predicted octanol–water partition coefficient (Wildman–Crippen LogP) is 3.00. The lowest BCUT2D eigenvalue weighted by molar-refractivity contribution is 0.178. The molecule has 1 fully saturated rings. The highest BCUT2D eigenvalue weighted by Crippen LogP contribution is 2.26. The van der Waals surface area contributed by atoms with Crippen LogP contribution in [0, 0.1) is 5.82 Å². The second-order valence-electron chi connectivity index (χ2n) is 6.88. The van der Waals surface area contributed by atoms with Crippen molar-refractivity contribution < 1.29 is 9.18 Å². The Morgan fingerprint density at radius 2 is 2.04 bits per heavy atom. The van der Waals surface area contributed by atoms with Crippen molar-refractivity contribution in [1.29, 1.82) is 0 Å². The van der Waals surface area contributed by atoms with Crippen LogP contribution < -0.4 is 5.32 Å². The average molecular weight is 367 g/mol. The first-order valence-electron chi connectivity index (χ1n) is 9.27. The molecule has 0 saturated carbocycles. The van der Waals surface area contributed by atoms with Gasteiger partial charge in [-0.15, -0.1) is 10.2 Å². The quantitative estimate of drug-likeness (QED) is 0.771. The summed E-state index contributed by atoms with van der Waals surface area (Å²) in [6, 6.07) is 12.1. The van der Waals surface area contributed by atoms with E-state index in [0.29, 0.717) is 19.5 Å². The number of carbonyl (C=O) groups is 1. The number of aromatic nitrogens is 3. The van der Waals surface area contributed by atoms with Crippen LogP contribution in [0.5, 0.6) is 0 Å². The van der Waals surface area contributed by atoms with Gasteiger partial charge >= 0.3 is 6.03 Å². The van der Waals surface area contributed by atoms with Crippen molar-refractivity contribution in [3.63, 3.8) is 0 Å². The zero-order valence-electron chi connectivity index (χ0n) is 15.0. The van der Waals surface area contributed by atoms with Crippen molar-refractivity contribution >= 4 is 11.7 Å². The molecule has 3 heterocycles. The Bertz CT molecular complexity index is 924. The smallest absolute Gasteiger partial charge is 0.317 e. The van der Waals surface area contributed by atoms with E-state index in [4.69, 9.17) is 0 Å². The molecule has 3 aromatic rings. The Hall–Kier alpha value is -2.96. The molecule has 1 aromatic carbocycles. The molecule has 0 radical (unpaired) electrons. The Morgan fingerprint density at radius 1 is 1.19 bits per heavy atom. The van der Waals surface area contributed by atoms with E-state index in [2.05, 4.69) is 15.5 Å². The minimum Gasteiger partial charge on any atom is -0.338 e. The van der Waals surface area contributed by atoms with E-state index in [-0.39, 0.29) is 17.8 Å². The van der Waals surface area contributed by atoms with Crippen LogP contribution in [0.1, 0.15) is 30.1 Å². The van der Waals surface area contributed by atoms with Crippen LogP contribution in [0.4, 0.5) is 9.18 Å². The lowest BCUT2D eigenvalue weighted by Crippen LogP contribution is -2.45. The van der Waals surface area contributed by atoms with E-state index < -0.39 is 0 Å². The minimum absolute atomic E-state index is 0.0596. The molecule has 6 nitrogen and oxygen atoms in total. The summed E-state index contributed by atoms with van der Waals surface area (Å²) in [5, 5.41) is 11.5. The highest BCUT2D eigenvalue weighted by atomic mass is 19.1. The van der Waals surface area contributed by atoms with Gasteiger partial charge in [0.25, 0.3) is 0 Å². The Labute approximate surface area is 157 Å². The number of amides is 2. The number of fused-ring (bicyclic) bond motifs is 1. The normalized spacial score (nSPS) is 17.2. The van der Waals surface area contributed by atoms with Gasteiger partial charge in [-0.1, -0.05) is 18.2 Å². The number of nitrogens with zero attached hydrogens (tertiary/aromatic N) is 4. The topological polar surface area (TPSA) is 62.5 Å². The van der Waals surface area contributed by atoms with Crippen LogP contribution in [0.15, 0.2) is 48.7 Å². The Morgan fingerprint density at radius 3 is 2.89 bits per heavy atom. The second-order valence-corrected chi connectivity index (χ2v) is 6.88. The van der Waals surface area contributed by atoms with Crippen molar-refractivity contribution in [3.8, 4) is 0 Å². The molecule has 1 N–H and O–H groups in total. The van der Waals surface area contributed by atoms with E-state index in [1.165, 1.54) is 12.1 Å². The third-order valence-electron chi connectivity index (χ3n) is 5.02. The van der Waals surface area contributed by atoms with Crippen LogP contribution in [0.25, 0.3) is 5.65 Å². The highest BCUT2D eigenvalue weighted by Gasteiger charge is 2.27. The van der Waals surface area contributed by atoms with Gasteiger partial charge in [-0.3, -0.25) is 4.40 Å². The van der Waals surface area contributed by atoms with E-state index in [1.54, 1.807) is 12.1 Å². The highest BCUT2D eigenvalue weighted by molar-refractivity contribution is 5.74. The van der Waals surface area contributed by atoms with Gasteiger partial charge in [0, 0.05) is 31.7 Å². The van der Waals surface area contributed by atoms with Gasteiger partial charge in [0.05, 0.1) is 0 Å². The first-order valence-corrected chi connectivity index (χ1v) is 9.27. The molecular formula is C20H22FN5O. The monoisotopic (exact) mass is 367 g/mol. The molecular weight excluding hydrogens is 345 g/mol. The minimum atomic E-state index is -0.247. The first-order chi connectivity index (χ1) is 13.2. The SMILES string of the molecule is O=C(NCCc1ccc(F)cc1)N1CCC[C@H](c2nnc3ccccn23)C1. The predicted molar refractivity (Wildman–Crippen MR) is 100 cm³/mol. The zero-order chi connectivity index (χ0) is 18.6. The number of carbonyl (C=O) groups excluding carboxylic acids is 1. The van der Waals surface area contributed by atoms with Gasteiger partial charge < -0.3 is 10.2 Å². The number of benzene rings is 1. The third-order valence-corrected chi connectivity index (χ3v) is 5.02. The summed E-state index contributed by atoms with van der Waals surface area (Å²) in [5.74, 6) is 0.844. The van der Waals surface area contributed by atoms with Crippen LogP contribution in [-0.4, -0.2) is 45.2 Å². The van der Waals surface area contributed by atoms with Gasteiger partial charge in [0.15, 0.2) is 5.65 Å². The number of piperidine rings is 1. The number of hydrogen-bond donors (Lipinski definition) is 1. The van der Waals surface area contributed by atoms with Crippen LogP contribution in [0.2, 0.25) is 0 Å². The van der Waals surface area contributed by atoms with Crippen molar-refractivity contribution in [2.75, 3.05) is 19.6 Å². The molecule has 2 amide bonds. The summed E-state index contributed by atoms with van der Waals surface area (Å²) in [6.45, 7) is 1.91. The number of pyridine rings is 1. The van der Waals surface area contributed by atoms with Gasteiger partial charge in [-0.2, -0.15) is 0 Å². The molecule has 0 spiro atoms. The van der Waals surface area contributed by atoms with Gasteiger partial charge in [-0.05, 0) is 49.1 Å². The summed E-state index contributed by atoms with van der Waals surface area (Å²) in [6.07, 6.45) is 4.58. The van der Waals surface area contributed by atoms with E-state index in [1.807, 2.05) is 33.7 Å². The average Bonchev–Trinajstić information content (AvgIpc) is 3.14. The molecule has 0 aliphatic carbocycles. The van der Waals surface area contributed by atoms with E-state index in [9.17, 15) is 9.18 Å². The van der Waals surface area contributed by atoms with Gasteiger partial charge in [-0.25, -0.2) is 9.18 Å². The summed E-state index contributed by atoms with van der Waals surface area (Å²) in [7, 11) is 0. The molecule has 0 bridgehead atoms. The standard InChI is InChI=1S/C20H22FN5O/c21-17-8-6-15(7-9-17)10-11-22-20(27)25-12-3-4-16(14-25)19-24-23-18-5-1-2-13-26(18)19/h1-2,5-9,13,16H,3-4,10-12,14H2,(H,22,27)/t16-/m0/s1. The number of nitrogens with one attached hydrogen (secondary N) is 1. The fourth-order valence-electron chi connectivity index (χ4n) is 3.59. The summed E-state index contributed by atoms with van der Waals surface area (Å²) < 4.78 is 14.9. The molecule has 0 unspecified atom stereocenters. The molecule has 140 valence electrons. The second kappa shape index (κ2) is 7.73. The largest absolute Gasteiger partial charge is 0.338 e. The maximum absolute atomic E-state index is 12.9. The fraction of sp³-hybridized carbons (Fsp3) is 0.350. The van der Waals surface area contributed by atoms with E-state index in [0.717, 1.165) is 36.4 Å². The third kappa shape index (κ3) is 3.92. The van der Waals surface area contributed by atoms with Crippen LogP contribution in [-0.2, 0) is 6.42 Å². The number of hydrogen-bond acceptors (Lipinski definition) is 3. The lowest BCUT2D eigenvalue weighted by Gasteiger charge is -2.32. The van der Waals surface area contributed by atoms with Crippen molar-refractivity contribution in [3.05, 3.63) is 65.9 Å². The molecule has 1 aliphatic rings. The molecule has 27 heavy (non-hydrogen) atoms. The molecule has 4 rings (SSSR count). The number of halogens is 1. The Kier molecular flexibility index (Phi) is 5.00. The summed E-state index contributed by atoms with van der Waals surface area (Å²) >= 11 is 0. The van der Waals surface area contributed by atoms with Gasteiger partial charge in [0.2, 0.25) is 0 Å². The summed E-state index contributed by atoms with van der Waals surface area (Å²) in [5.41, 5.74) is 1.83. The molecule has 1 aliphatic heterocycles. The molecule has 7 heteroatoms. The zero-order valence-corrected chi connectivity index (χ0v) is 15.0. The maximum atomic E-state index is 12.9. The van der Waals surface area contributed by atoms with E-state index >= 15 is 0 Å². The van der Waals surface area contributed by atoms with Crippen molar-refractivity contribution in [2.45, 2.75) is 25.2 Å². The first kappa shape index (κ1) is 17.5. The molecule has 2 aromatic heterocycles. The molecule has 1 saturated heterocycles. The lowest BCUT2D eigenvalue weighted by atomic mass is 9.97. The number of urea groups is 1. The Balaban J connectivity index is 1.35. The van der Waals surface area contributed by atoms with Crippen molar-refractivity contribution in [1.82, 2.24) is 24.8 Å². The summed E-state index contributed by atoms with van der Waals surface area (Å²) in [4.78, 5) is 14.4. The number of rotatable bonds is 4. The fourth-order valence-corrected chi connectivity index (χ4v) is 3.59. The number of likely N-dealkylation sites (tertiary alicyclic amines) is 1. The maximum Gasteiger partial charge on any atom is 0.317 e. The van der Waals surface area contributed by atoms with Gasteiger partial charge in [0.1, 0.15) is 11.6 Å². The van der Waals surface area contributed by atoms with Crippen molar-refractivity contribution in [2.24, 2.45) is 0 Å².